The molecular formula is C10H15NO3S. The number of anilines is 1. The molecule has 0 spiro atoms. The van der Waals surface area contributed by atoms with Gasteiger partial charge in [-0.2, -0.15) is 8.42 Å². The van der Waals surface area contributed by atoms with E-state index in [9.17, 15) is 8.42 Å². The third-order valence-electron chi connectivity index (χ3n) is 2.23. The molecule has 0 aromatic heterocycles. The minimum atomic E-state index is -4.17. The lowest BCUT2D eigenvalue weighted by Crippen LogP contribution is -2.06. The van der Waals surface area contributed by atoms with Gasteiger partial charge in [0, 0.05) is 5.69 Å². The van der Waals surface area contributed by atoms with Gasteiger partial charge in [-0.1, -0.05) is 19.4 Å². The van der Waals surface area contributed by atoms with E-state index >= 15 is 0 Å². The molecule has 4 nitrogen and oxygen atoms in total. The fourth-order valence-corrected chi connectivity index (χ4v) is 2.23. The first-order valence-electron chi connectivity index (χ1n) is 4.81. The number of unbranched alkanes of at least 4 members (excludes halogenated alkanes) is 1. The first-order valence-corrected chi connectivity index (χ1v) is 6.25. The Morgan fingerprint density at radius 1 is 1.40 bits per heavy atom. The van der Waals surface area contributed by atoms with Crippen molar-refractivity contribution < 1.29 is 13.0 Å². The molecule has 0 bridgehead atoms. The molecule has 1 rings (SSSR count). The highest BCUT2D eigenvalue weighted by Crippen LogP contribution is 2.23. The van der Waals surface area contributed by atoms with E-state index in [0.29, 0.717) is 17.7 Å². The fraction of sp³-hybridized carbons (Fsp3) is 0.400. The van der Waals surface area contributed by atoms with E-state index in [1.165, 1.54) is 12.1 Å². The predicted molar refractivity (Wildman–Crippen MR) is 59.3 cm³/mol. The van der Waals surface area contributed by atoms with Gasteiger partial charge in [-0.3, -0.25) is 4.55 Å². The number of rotatable bonds is 4. The molecule has 0 saturated heterocycles. The summed E-state index contributed by atoms with van der Waals surface area (Å²) in [7, 11) is -4.17. The van der Waals surface area contributed by atoms with Crippen molar-refractivity contribution in [3.05, 3.63) is 23.8 Å². The maximum Gasteiger partial charge on any atom is 0.294 e. The van der Waals surface area contributed by atoms with E-state index in [1.807, 2.05) is 6.92 Å². The maximum atomic E-state index is 11.1. The molecule has 0 heterocycles. The van der Waals surface area contributed by atoms with Crippen LogP contribution in [0.2, 0.25) is 0 Å². The summed E-state index contributed by atoms with van der Waals surface area (Å²) in [6, 6.07) is 4.53. The fourth-order valence-electron chi connectivity index (χ4n) is 1.45. The monoisotopic (exact) mass is 229 g/mol. The molecule has 0 aliphatic rings. The van der Waals surface area contributed by atoms with Crippen LogP contribution < -0.4 is 5.73 Å². The van der Waals surface area contributed by atoms with E-state index in [-0.39, 0.29) is 4.90 Å². The van der Waals surface area contributed by atoms with Crippen LogP contribution in [-0.2, 0) is 16.5 Å². The zero-order chi connectivity index (χ0) is 11.5. The minimum Gasteiger partial charge on any atom is -0.398 e. The van der Waals surface area contributed by atoms with Gasteiger partial charge in [0.15, 0.2) is 0 Å². The van der Waals surface area contributed by atoms with E-state index in [0.717, 1.165) is 12.8 Å². The molecular weight excluding hydrogens is 214 g/mol. The molecule has 0 aliphatic heterocycles. The summed E-state index contributed by atoms with van der Waals surface area (Å²) in [4.78, 5) is -0.0732. The molecule has 0 aliphatic carbocycles. The Balaban J connectivity index is 3.21. The number of hydrogen-bond donors (Lipinski definition) is 2. The Kier molecular flexibility index (Phi) is 3.71. The van der Waals surface area contributed by atoms with Crippen molar-refractivity contribution in [3.8, 4) is 0 Å². The summed E-state index contributed by atoms with van der Waals surface area (Å²) in [5.41, 5.74) is 6.61. The van der Waals surface area contributed by atoms with Crippen LogP contribution in [-0.4, -0.2) is 13.0 Å². The Morgan fingerprint density at radius 2 is 2.07 bits per heavy atom. The molecule has 0 saturated carbocycles. The van der Waals surface area contributed by atoms with Gasteiger partial charge in [0.05, 0.1) is 4.90 Å². The van der Waals surface area contributed by atoms with Crippen LogP contribution in [0.25, 0.3) is 0 Å². The molecule has 0 radical (unpaired) electrons. The number of nitrogen functional groups attached to an aromatic ring is 1. The minimum absolute atomic E-state index is 0.0732. The van der Waals surface area contributed by atoms with Gasteiger partial charge in [0.2, 0.25) is 0 Å². The van der Waals surface area contributed by atoms with Gasteiger partial charge in [0.25, 0.3) is 10.1 Å². The van der Waals surface area contributed by atoms with Crippen LogP contribution in [0.5, 0.6) is 0 Å². The van der Waals surface area contributed by atoms with E-state index < -0.39 is 10.1 Å². The predicted octanol–water partition coefficient (Wildman–Crippen LogP) is 1.86. The number of nitrogens with two attached hydrogens (primary N) is 1. The Bertz CT molecular complexity index is 440. The van der Waals surface area contributed by atoms with Gasteiger partial charge in [0.1, 0.15) is 0 Å². The lowest BCUT2D eigenvalue weighted by atomic mass is 10.1. The van der Waals surface area contributed by atoms with Crippen molar-refractivity contribution in [2.45, 2.75) is 31.1 Å². The second-order valence-corrected chi connectivity index (χ2v) is 4.79. The lowest BCUT2D eigenvalue weighted by Gasteiger charge is -2.09. The van der Waals surface area contributed by atoms with Crippen LogP contribution in [0.1, 0.15) is 25.3 Å². The maximum absolute atomic E-state index is 11.1. The van der Waals surface area contributed by atoms with Crippen molar-refractivity contribution in [1.82, 2.24) is 0 Å². The molecule has 0 unspecified atom stereocenters. The van der Waals surface area contributed by atoms with E-state index in [2.05, 4.69) is 0 Å². The SMILES string of the molecule is CCCCc1c(N)cccc1S(=O)(=O)O. The van der Waals surface area contributed by atoms with Crippen LogP contribution in [0.4, 0.5) is 5.69 Å². The first kappa shape index (κ1) is 12.0. The van der Waals surface area contributed by atoms with Crippen molar-refractivity contribution in [2.75, 3.05) is 5.73 Å². The Hall–Kier alpha value is -1.07. The quantitative estimate of drug-likeness (QED) is 0.610. The van der Waals surface area contributed by atoms with Crippen molar-refractivity contribution in [2.24, 2.45) is 0 Å². The van der Waals surface area contributed by atoms with Crippen LogP contribution in [0, 0.1) is 0 Å². The van der Waals surface area contributed by atoms with Crippen molar-refractivity contribution >= 4 is 15.8 Å². The third-order valence-corrected chi connectivity index (χ3v) is 3.17. The molecule has 0 amide bonds. The smallest absolute Gasteiger partial charge is 0.294 e. The molecule has 84 valence electrons. The summed E-state index contributed by atoms with van der Waals surface area (Å²) in [6.07, 6.45) is 2.36. The zero-order valence-electron chi connectivity index (χ0n) is 8.60. The third kappa shape index (κ3) is 2.94. The molecule has 1 aromatic rings. The van der Waals surface area contributed by atoms with Crippen molar-refractivity contribution in [1.29, 1.82) is 0 Å². The first-order chi connectivity index (χ1) is 6.96. The topological polar surface area (TPSA) is 80.4 Å². The average Bonchev–Trinajstić information content (AvgIpc) is 2.14. The van der Waals surface area contributed by atoms with Gasteiger partial charge in [-0.15, -0.1) is 0 Å². The van der Waals surface area contributed by atoms with Crippen LogP contribution in [0.3, 0.4) is 0 Å². The standard InChI is InChI=1S/C10H15NO3S/c1-2-3-5-8-9(11)6-4-7-10(8)15(12,13)14/h4,6-7H,2-3,5,11H2,1H3,(H,12,13,14). The highest BCUT2D eigenvalue weighted by atomic mass is 32.2. The summed E-state index contributed by atoms with van der Waals surface area (Å²) in [5.74, 6) is 0. The van der Waals surface area contributed by atoms with Gasteiger partial charge < -0.3 is 5.73 Å². The molecule has 3 N–H and O–H groups in total. The largest absolute Gasteiger partial charge is 0.398 e. The van der Waals surface area contributed by atoms with E-state index in [1.54, 1.807) is 6.07 Å². The summed E-state index contributed by atoms with van der Waals surface area (Å²) < 4.78 is 31.1. The zero-order valence-corrected chi connectivity index (χ0v) is 9.42. The van der Waals surface area contributed by atoms with Crippen LogP contribution in [0.15, 0.2) is 23.1 Å². The second-order valence-electron chi connectivity index (χ2n) is 3.40. The Labute approximate surface area is 89.9 Å². The summed E-state index contributed by atoms with van der Waals surface area (Å²) in [5, 5.41) is 0. The molecule has 1 aromatic carbocycles. The molecule has 15 heavy (non-hydrogen) atoms. The van der Waals surface area contributed by atoms with Crippen LogP contribution >= 0.6 is 0 Å². The highest BCUT2D eigenvalue weighted by molar-refractivity contribution is 7.85. The van der Waals surface area contributed by atoms with Gasteiger partial charge in [-0.25, -0.2) is 0 Å². The second kappa shape index (κ2) is 4.63. The molecule has 0 fully saturated rings. The molecule has 0 atom stereocenters. The molecule has 5 heteroatoms. The van der Waals surface area contributed by atoms with Gasteiger partial charge in [-0.05, 0) is 30.5 Å². The lowest BCUT2D eigenvalue weighted by molar-refractivity contribution is 0.482. The highest BCUT2D eigenvalue weighted by Gasteiger charge is 2.16. The number of benzene rings is 1. The van der Waals surface area contributed by atoms with E-state index in [4.69, 9.17) is 10.3 Å². The van der Waals surface area contributed by atoms with Crippen molar-refractivity contribution in [3.63, 3.8) is 0 Å². The summed E-state index contributed by atoms with van der Waals surface area (Å²) >= 11 is 0. The Morgan fingerprint density at radius 3 is 2.60 bits per heavy atom. The average molecular weight is 229 g/mol. The number of hydrogen-bond acceptors (Lipinski definition) is 3. The van der Waals surface area contributed by atoms with Gasteiger partial charge >= 0.3 is 0 Å². The normalized spacial score (nSPS) is 11.6. The summed E-state index contributed by atoms with van der Waals surface area (Å²) in [6.45, 7) is 2.01.